The Kier molecular flexibility index (Phi) is 5.23. The van der Waals surface area contributed by atoms with Crippen molar-refractivity contribution in [2.24, 2.45) is 0 Å². The Morgan fingerprint density at radius 3 is 2.19 bits per heavy atom. The van der Waals surface area contributed by atoms with Gasteiger partial charge in [-0.05, 0) is 12.1 Å². The van der Waals surface area contributed by atoms with Gasteiger partial charge in [-0.25, -0.2) is 4.98 Å². The molecule has 0 fully saturated rings. The third kappa shape index (κ3) is 4.08. The number of hydrogen-bond acceptors (Lipinski definition) is 5. The molecule has 0 saturated carbocycles. The van der Waals surface area contributed by atoms with Gasteiger partial charge in [0.15, 0.2) is 5.13 Å². The molecule has 3 N–H and O–H groups in total. The van der Waals surface area contributed by atoms with Gasteiger partial charge in [0, 0.05) is 16.6 Å². The monoisotopic (exact) mass is 403 g/mol. The first-order valence-corrected chi connectivity index (χ1v) is 7.46. The van der Waals surface area contributed by atoms with E-state index in [2.05, 4.69) is 4.98 Å². The predicted octanol–water partition coefficient (Wildman–Crippen LogP) is 3.23. The smallest absolute Gasteiger partial charge is 0.375 e. The molecule has 1 heterocycles. The first kappa shape index (κ1) is 17.7. The third-order valence-corrected chi connectivity index (χ3v) is 4.05. The van der Waals surface area contributed by atoms with E-state index < -0.39 is 15.5 Å². The van der Waals surface area contributed by atoms with Crippen molar-refractivity contribution >= 4 is 49.2 Å². The zero-order valence-corrected chi connectivity index (χ0v) is 13.4. The summed E-state index contributed by atoms with van der Waals surface area (Å²) in [5.74, 6) is 0. The molecule has 0 unspecified atom stereocenters. The average molecular weight is 404 g/mol. The van der Waals surface area contributed by atoms with Gasteiger partial charge >= 0.3 is 15.5 Å². The first-order chi connectivity index (χ1) is 9.19. The van der Waals surface area contributed by atoms with Crippen LogP contribution in [0.3, 0.4) is 0 Å². The van der Waals surface area contributed by atoms with Crippen molar-refractivity contribution in [2.45, 2.75) is 5.51 Å². The summed E-state index contributed by atoms with van der Waals surface area (Å²) < 4.78 is 59.9. The molecule has 0 aliphatic rings. The number of hydrogen-bond donors (Lipinski definition) is 2. The molecule has 21 heavy (non-hydrogen) atoms. The molecule has 5 nitrogen and oxygen atoms in total. The van der Waals surface area contributed by atoms with Crippen molar-refractivity contribution in [1.29, 1.82) is 0 Å². The summed E-state index contributed by atoms with van der Waals surface area (Å²) in [6, 6.07) is 5.33. The van der Waals surface area contributed by atoms with Crippen LogP contribution in [0.5, 0.6) is 0 Å². The van der Waals surface area contributed by atoms with E-state index in [0.29, 0.717) is 16.4 Å². The fraction of sp³-hybridized carbons (Fsp3) is 0.100. The van der Waals surface area contributed by atoms with Gasteiger partial charge in [0.1, 0.15) is 0 Å². The van der Waals surface area contributed by atoms with E-state index in [1.165, 1.54) is 40.3 Å². The molecular formula is C10H9BrF3N3O2S2. The fourth-order valence-corrected chi connectivity index (χ4v) is 2.48. The van der Waals surface area contributed by atoms with E-state index in [1.807, 2.05) is 0 Å². The molecule has 0 bridgehead atoms. The third-order valence-electron chi connectivity index (χ3n) is 2.26. The number of alkyl halides is 3. The highest BCUT2D eigenvalue weighted by molar-refractivity contribution is 8.93. The quantitative estimate of drug-likeness (QED) is 0.823. The minimum Gasteiger partial charge on any atom is -0.375 e. The largest absolute Gasteiger partial charge is 0.516 e. The normalized spacial score (nSPS) is 11.8. The topological polar surface area (TPSA) is 85.1 Å². The molecule has 1 aromatic carbocycles. The van der Waals surface area contributed by atoms with E-state index in [0.717, 1.165) is 0 Å². The lowest BCUT2D eigenvalue weighted by Gasteiger charge is -2.10. The average Bonchev–Trinajstić information content (AvgIpc) is 2.75. The summed E-state index contributed by atoms with van der Waals surface area (Å²) in [5.41, 5.74) is 1.12. The van der Waals surface area contributed by atoms with Crippen LogP contribution in [0.1, 0.15) is 0 Å². The fourth-order valence-electron chi connectivity index (χ4n) is 1.34. The van der Waals surface area contributed by atoms with Crippen molar-refractivity contribution in [2.75, 3.05) is 10.5 Å². The highest BCUT2D eigenvalue weighted by Crippen LogP contribution is 2.27. The summed E-state index contributed by atoms with van der Waals surface area (Å²) in [5, 5.41) is 2.05. The molecule has 2 rings (SSSR count). The number of rotatable bonds is 3. The van der Waals surface area contributed by atoms with Crippen LogP contribution in [0.2, 0.25) is 0 Å². The standard InChI is InChI=1S/C10H8F3N3O2S2.BrH/c11-10(12,13)20(17,18)16-7-3-1-6(2-4-7)8-5-19-9(14)15-8;/h1-5,16H,(H2,14,15);1H. The zero-order chi connectivity index (χ0) is 15.0. The van der Waals surface area contributed by atoms with Crippen molar-refractivity contribution in [3.8, 4) is 11.3 Å². The predicted molar refractivity (Wildman–Crippen MR) is 80.9 cm³/mol. The molecule has 0 radical (unpaired) electrons. The zero-order valence-electron chi connectivity index (χ0n) is 10.1. The molecule has 0 spiro atoms. The summed E-state index contributed by atoms with van der Waals surface area (Å²) >= 11 is 1.22. The maximum absolute atomic E-state index is 12.2. The van der Waals surface area contributed by atoms with Crippen LogP contribution in [0.25, 0.3) is 11.3 Å². The molecule has 11 heteroatoms. The van der Waals surface area contributed by atoms with E-state index in [1.54, 1.807) is 5.38 Å². The number of halogens is 4. The SMILES string of the molecule is Br.Nc1nc(-c2ccc(NS(=O)(=O)C(F)(F)F)cc2)cs1. The lowest BCUT2D eigenvalue weighted by molar-refractivity contribution is -0.0429. The lowest BCUT2D eigenvalue weighted by atomic mass is 10.1. The molecule has 0 saturated heterocycles. The minimum atomic E-state index is -5.41. The summed E-state index contributed by atoms with van der Waals surface area (Å²) in [4.78, 5) is 4.00. The second kappa shape index (κ2) is 6.20. The molecule has 1 aromatic heterocycles. The number of anilines is 2. The van der Waals surface area contributed by atoms with Gasteiger partial charge in [0.05, 0.1) is 5.69 Å². The molecule has 2 aromatic rings. The lowest BCUT2D eigenvalue weighted by Crippen LogP contribution is -2.29. The van der Waals surface area contributed by atoms with Crippen molar-refractivity contribution in [3.63, 3.8) is 0 Å². The number of nitrogens with one attached hydrogen (secondary N) is 1. The minimum absolute atomic E-state index is 0. The number of sulfonamides is 1. The maximum atomic E-state index is 12.2. The van der Waals surface area contributed by atoms with Gasteiger partial charge in [-0.2, -0.15) is 21.6 Å². The van der Waals surface area contributed by atoms with Crippen LogP contribution in [0.15, 0.2) is 29.6 Å². The molecule has 0 aliphatic heterocycles. The summed E-state index contributed by atoms with van der Waals surface area (Å²) in [6.45, 7) is 0. The second-order valence-electron chi connectivity index (χ2n) is 3.70. The molecule has 116 valence electrons. The first-order valence-electron chi connectivity index (χ1n) is 5.09. The molecule has 0 atom stereocenters. The number of nitrogens with zero attached hydrogens (tertiary/aromatic N) is 1. The molecule has 0 aliphatic carbocycles. The molecule has 0 amide bonds. The van der Waals surface area contributed by atoms with Gasteiger partial charge in [-0.15, -0.1) is 28.3 Å². The Labute approximate surface area is 132 Å². The van der Waals surface area contributed by atoms with Crippen LogP contribution in [0.4, 0.5) is 24.0 Å². The van der Waals surface area contributed by atoms with Gasteiger partial charge < -0.3 is 5.73 Å². The Balaban J connectivity index is 0.00000220. The van der Waals surface area contributed by atoms with E-state index in [9.17, 15) is 21.6 Å². The van der Waals surface area contributed by atoms with Crippen LogP contribution < -0.4 is 10.5 Å². The number of thiazole rings is 1. The van der Waals surface area contributed by atoms with Crippen molar-refractivity contribution < 1.29 is 21.6 Å². The Morgan fingerprint density at radius 1 is 1.19 bits per heavy atom. The van der Waals surface area contributed by atoms with Gasteiger partial charge in [0.25, 0.3) is 0 Å². The number of benzene rings is 1. The van der Waals surface area contributed by atoms with Crippen molar-refractivity contribution in [3.05, 3.63) is 29.6 Å². The van der Waals surface area contributed by atoms with Crippen LogP contribution >= 0.6 is 28.3 Å². The van der Waals surface area contributed by atoms with Gasteiger partial charge in [-0.1, -0.05) is 12.1 Å². The van der Waals surface area contributed by atoms with Crippen molar-refractivity contribution in [1.82, 2.24) is 4.98 Å². The Bertz CT molecular complexity index is 714. The van der Waals surface area contributed by atoms with E-state index >= 15 is 0 Å². The number of nitrogens with two attached hydrogens (primary N) is 1. The summed E-state index contributed by atoms with van der Waals surface area (Å²) in [6.07, 6.45) is 0. The maximum Gasteiger partial charge on any atom is 0.516 e. The Morgan fingerprint density at radius 2 is 1.76 bits per heavy atom. The van der Waals surface area contributed by atoms with E-state index in [4.69, 9.17) is 5.73 Å². The van der Waals surface area contributed by atoms with Gasteiger partial charge in [-0.3, -0.25) is 4.72 Å². The van der Waals surface area contributed by atoms with Gasteiger partial charge in [0.2, 0.25) is 0 Å². The highest BCUT2D eigenvalue weighted by Gasteiger charge is 2.45. The van der Waals surface area contributed by atoms with Crippen LogP contribution in [-0.4, -0.2) is 18.9 Å². The van der Waals surface area contributed by atoms with Crippen LogP contribution in [0, 0.1) is 0 Å². The van der Waals surface area contributed by atoms with Crippen LogP contribution in [-0.2, 0) is 10.0 Å². The molecular weight excluding hydrogens is 395 g/mol. The summed E-state index contributed by atoms with van der Waals surface area (Å²) in [7, 11) is -5.41. The second-order valence-corrected chi connectivity index (χ2v) is 6.26. The number of aromatic nitrogens is 1. The highest BCUT2D eigenvalue weighted by atomic mass is 79.9. The Hall–Kier alpha value is -1.33. The van der Waals surface area contributed by atoms with E-state index in [-0.39, 0.29) is 22.7 Å². The number of nitrogen functional groups attached to an aromatic ring is 1.